The van der Waals surface area contributed by atoms with Gasteiger partial charge >= 0.3 is 254 Å². The quantitative estimate of drug-likeness (QED) is 0.335. The van der Waals surface area contributed by atoms with Gasteiger partial charge in [0, 0.05) is 0 Å². The molecule has 2 atom stereocenters. The second kappa shape index (κ2) is 14.4. The van der Waals surface area contributed by atoms with Crippen LogP contribution in [0.3, 0.4) is 0 Å². The van der Waals surface area contributed by atoms with Crippen molar-refractivity contribution in [2.24, 2.45) is 0 Å². The van der Waals surface area contributed by atoms with Crippen LogP contribution in [0.2, 0.25) is 3.72 Å². The molecule has 0 spiro atoms. The second-order valence-electron chi connectivity index (χ2n) is 14.0. The Morgan fingerprint density at radius 1 is 0.643 bits per heavy atom. The van der Waals surface area contributed by atoms with Crippen LogP contribution < -0.4 is 42.4 Å². The van der Waals surface area contributed by atoms with Crippen molar-refractivity contribution in [2.45, 2.75) is 96.3 Å². The molecule has 0 saturated carbocycles. The van der Waals surface area contributed by atoms with Crippen molar-refractivity contribution >= 4 is 20.3 Å². The third kappa shape index (κ3) is 7.77. The van der Waals surface area contributed by atoms with Crippen molar-refractivity contribution in [1.29, 1.82) is 0 Å². The molecule has 1 aliphatic carbocycles. The Bertz CT molecular complexity index is 1410. The molecule has 0 saturated heterocycles. The maximum absolute atomic E-state index is 2.57. The van der Waals surface area contributed by atoms with Crippen LogP contribution in [0.15, 0.2) is 83.4 Å². The van der Waals surface area contributed by atoms with Crippen LogP contribution in [-0.2, 0) is 31.3 Å². The monoisotopic (exact) mass is 672 g/mol. The van der Waals surface area contributed by atoms with E-state index in [1.807, 2.05) is 0 Å². The summed E-state index contributed by atoms with van der Waals surface area (Å²) in [6.45, 7) is 25.8. The van der Waals surface area contributed by atoms with Crippen molar-refractivity contribution in [3.63, 3.8) is 0 Å². The molecule has 4 rings (SSSR count). The van der Waals surface area contributed by atoms with E-state index in [9.17, 15) is 0 Å². The van der Waals surface area contributed by atoms with E-state index in [-0.39, 0.29) is 51.8 Å². The number of benzene rings is 3. The standard InChI is InChI=1S/C37H47Si.3ClH.Ti/c1-23-17-24(2)19-29(18-23)35(38-32-15-13-12-14-16-32)34-27(5)25(3)26(4)33(34)28-20-30(36(6,7)8)22-31(21-28)37(9,10)11;;;;/h12-22,35H,38H2,1-11H3;3*1H;/q;;;;+3/p-3. The Labute approximate surface area is 289 Å². The van der Waals surface area contributed by atoms with E-state index in [0.29, 0.717) is 5.54 Å². The number of allylic oxidation sites excluding steroid dienone is 4. The number of hydrogen-bond acceptors (Lipinski definition) is 0. The fourth-order valence-corrected chi connectivity index (χ4v) is 10.2. The summed E-state index contributed by atoms with van der Waals surface area (Å²) in [5.74, 6) is 0. The van der Waals surface area contributed by atoms with Gasteiger partial charge in [0.2, 0.25) is 0 Å². The zero-order valence-corrected chi connectivity index (χ0v) is 32.5. The maximum Gasteiger partial charge on any atom is -1.00 e. The van der Waals surface area contributed by atoms with E-state index in [2.05, 4.69) is 163 Å². The van der Waals surface area contributed by atoms with E-state index in [0.717, 1.165) is 0 Å². The van der Waals surface area contributed by atoms with E-state index >= 15 is 0 Å². The van der Waals surface area contributed by atoms with E-state index in [1.54, 1.807) is 11.1 Å². The first-order valence-corrected chi connectivity index (χ1v) is 16.8. The van der Waals surface area contributed by atoms with Gasteiger partial charge in [-0.15, -0.1) is 0 Å². The summed E-state index contributed by atoms with van der Waals surface area (Å²) in [6.07, 6.45) is 0. The molecule has 1 aliphatic rings. The van der Waals surface area contributed by atoms with Gasteiger partial charge in [0.05, 0.1) is 0 Å². The predicted molar refractivity (Wildman–Crippen MR) is 171 cm³/mol. The maximum atomic E-state index is 2.57. The van der Waals surface area contributed by atoms with Gasteiger partial charge < -0.3 is 37.2 Å². The predicted octanol–water partition coefficient (Wildman–Crippen LogP) is -0.0250. The van der Waals surface area contributed by atoms with Crippen molar-refractivity contribution in [2.75, 3.05) is 0 Å². The summed E-state index contributed by atoms with van der Waals surface area (Å²) < 4.78 is -0.0673. The Kier molecular flexibility index (Phi) is 13.3. The van der Waals surface area contributed by atoms with Gasteiger partial charge in [0.25, 0.3) is 0 Å². The average molecular weight is 674 g/mol. The molecule has 0 amide bonds. The topological polar surface area (TPSA) is 0 Å². The molecule has 224 valence electrons. The van der Waals surface area contributed by atoms with Gasteiger partial charge in [-0.25, -0.2) is 0 Å². The molecule has 5 heteroatoms. The van der Waals surface area contributed by atoms with Crippen LogP contribution in [0.25, 0.3) is 5.57 Å². The first-order chi connectivity index (χ1) is 18.0. The molecule has 0 aliphatic heterocycles. The Morgan fingerprint density at radius 2 is 1.12 bits per heavy atom. The molecular weight excluding hydrogens is 627 g/mol. The zero-order chi connectivity index (χ0) is 28.9. The van der Waals surface area contributed by atoms with Crippen LogP contribution in [0.4, 0.5) is 0 Å². The van der Waals surface area contributed by atoms with Crippen molar-refractivity contribution in [1.82, 2.24) is 0 Å². The van der Waals surface area contributed by atoms with Gasteiger partial charge in [-0.05, 0) is 0 Å². The SMILES string of the molecule is CC1=C(C)[C]([Ti+3])(C([SiH2]c2ccccc2)c2cc(C)cc(C)c2)C(c2cc(C(C)(C)C)cc(C(C)(C)C)c2)=C1C.[Cl-].[Cl-].[Cl-]. The Hall–Kier alpha value is -1.06. The summed E-state index contributed by atoms with van der Waals surface area (Å²) in [4.78, 5) is 0. The van der Waals surface area contributed by atoms with Crippen LogP contribution in [0.1, 0.15) is 101 Å². The fraction of sp³-hybridized carbons (Fsp3) is 0.405. The molecule has 0 fully saturated rings. The van der Waals surface area contributed by atoms with Crippen molar-refractivity contribution in [3.8, 4) is 0 Å². The first kappa shape index (κ1) is 39.0. The van der Waals surface area contributed by atoms with Crippen LogP contribution in [-0.4, -0.2) is 9.52 Å². The number of rotatable bonds is 5. The van der Waals surface area contributed by atoms with E-state index in [4.69, 9.17) is 0 Å². The van der Waals surface area contributed by atoms with Crippen LogP contribution in [0, 0.1) is 13.8 Å². The third-order valence-electron chi connectivity index (χ3n) is 8.89. The Morgan fingerprint density at radius 3 is 1.57 bits per heavy atom. The number of halogens is 3. The van der Waals surface area contributed by atoms with E-state index < -0.39 is 9.52 Å². The average Bonchev–Trinajstić information content (AvgIpc) is 3.01. The molecule has 0 radical (unpaired) electrons. The molecule has 42 heavy (non-hydrogen) atoms. The van der Waals surface area contributed by atoms with Gasteiger partial charge in [-0.3, -0.25) is 0 Å². The normalized spacial score (nSPS) is 18.1. The molecule has 2 unspecified atom stereocenters. The summed E-state index contributed by atoms with van der Waals surface area (Å²) in [7, 11) is -0.670. The van der Waals surface area contributed by atoms with Gasteiger partial charge in [0.15, 0.2) is 0 Å². The summed E-state index contributed by atoms with van der Waals surface area (Å²) >= 11 is 2.57. The molecule has 0 heterocycles. The van der Waals surface area contributed by atoms with E-state index in [1.165, 1.54) is 49.7 Å². The second-order valence-corrected chi connectivity index (χ2v) is 17.3. The van der Waals surface area contributed by atoms with Crippen LogP contribution in [0.5, 0.6) is 0 Å². The molecule has 3 aromatic rings. The number of aryl methyl sites for hydroxylation is 2. The molecule has 0 nitrogen and oxygen atoms in total. The zero-order valence-electron chi connectivity index (χ0n) is 27.3. The summed E-state index contributed by atoms with van der Waals surface area (Å²) in [5.41, 5.74) is 15.2. The first-order valence-electron chi connectivity index (χ1n) is 14.5. The minimum Gasteiger partial charge on any atom is -1.00 e. The molecule has 0 bridgehead atoms. The van der Waals surface area contributed by atoms with Crippen molar-refractivity contribution < 1.29 is 57.7 Å². The smallest absolute Gasteiger partial charge is 1.00 e. The minimum atomic E-state index is -0.670. The Balaban J connectivity index is 0.00000294. The fourth-order valence-electron chi connectivity index (χ4n) is 6.35. The van der Waals surface area contributed by atoms with Crippen molar-refractivity contribution in [3.05, 3.63) is 117 Å². The molecule has 0 N–H and O–H groups in total. The van der Waals surface area contributed by atoms with Gasteiger partial charge in [0.1, 0.15) is 0 Å². The minimum absolute atomic E-state index is 0. The van der Waals surface area contributed by atoms with Gasteiger partial charge in [-0.1, -0.05) is 0 Å². The summed E-state index contributed by atoms with van der Waals surface area (Å²) in [5, 5.41) is 1.54. The summed E-state index contributed by atoms with van der Waals surface area (Å²) in [6, 6.07) is 26.1. The number of hydrogen-bond donors (Lipinski definition) is 0. The molecule has 3 aromatic carbocycles. The van der Waals surface area contributed by atoms with Gasteiger partial charge in [-0.2, -0.15) is 0 Å². The van der Waals surface area contributed by atoms with Crippen LogP contribution >= 0.6 is 0 Å². The third-order valence-corrected chi connectivity index (χ3v) is 13.5. The molecule has 0 aromatic heterocycles. The largest absolute Gasteiger partial charge is 1.00 e. The molecular formula is C37H47Cl3SiTi.